The molecule has 2 nitrogen and oxygen atoms in total. The van der Waals surface area contributed by atoms with Crippen molar-refractivity contribution in [2.75, 3.05) is 5.94 Å². The van der Waals surface area contributed by atoms with Gasteiger partial charge in [-0.1, -0.05) is 30.3 Å². The van der Waals surface area contributed by atoms with Crippen LogP contribution >= 0.6 is 11.8 Å². The van der Waals surface area contributed by atoms with Crippen LogP contribution in [0.25, 0.3) is 0 Å². The Kier molecular flexibility index (Phi) is 4.40. The van der Waals surface area contributed by atoms with Crippen molar-refractivity contribution in [3.8, 4) is 0 Å². The molecule has 0 saturated heterocycles. The molecule has 0 fully saturated rings. The number of hydrogen-bond acceptors (Lipinski definition) is 3. The molecule has 0 saturated carbocycles. The predicted molar refractivity (Wildman–Crippen MR) is 54.4 cm³/mol. The average molecular weight is 196 g/mol. The number of rotatable bonds is 4. The minimum absolute atomic E-state index is 0.222. The fraction of sp³-hybridized carbons (Fsp3) is 0.300. The molecule has 0 amide bonds. The summed E-state index contributed by atoms with van der Waals surface area (Å²) in [5.41, 5.74) is 1.25. The predicted octanol–water partition coefficient (Wildman–Crippen LogP) is 2.44. The molecule has 0 spiro atoms. The largest absolute Gasteiger partial charge is 0.455 e. The third kappa shape index (κ3) is 4.58. The van der Waals surface area contributed by atoms with Gasteiger partial charge in [0.25, 0.3) is 0 Å². The lowest BCUT2D eigenvalue weighted by Crippen LogP contribution is -1.97. The van der Waals surface area contributed by atoms with E-state index < -0.39 is 0 Å². The van der Waals surface area contributed by atoms with Crippen LogP contribution in [0.15, 0.2) is 30.3 Å². The molecule has 70 valence electrons. The smallest absolute Gasteiger partial charge is 0.303 e. The summed E-state index contributed by atoms with van der Waals surface area (Å²) in [5.74, 6) is 1.10. The van der Waals surface area contributed by atoms with Gasteiger partial charge in [0, 0.05) is 12.7 Å². The van der Waals surface area contributed by atoms with E-state index in [1.54, 1.807) is 11.8 Å². The molecule has 1 aromatic carbocycles. The van der Waals surface area contributed by atoms with E-state index in [0.717, 1.165) is 5.75 Å². The molecular formula is C10H12O2S. The number of hydrogen-bond donors (Lipinski definition) is 0. The minimum atomic E-state index is -0.222. The first-order valence-electron chi connectivity index (χ1n) is 4.04. The van der Waals surface area contributed by atoms with Crippen molar-refractivity contribution in [3.05, 3.63) is 35.9 Å². The van der Waals surface area contributed by atoms with E-state index >= 15 is 0 Å². The summed E-state index contributed by atoms with van der Waals surface area (Å²) < 4.78 is 4.79. The third-order valence-electron chi connectivity index (χ3n) is 1.46. The van der Waals surface area contributed by atoms with E-state index in [-0.39, 0.29) is 5.97 Å². The van der Waals surface area contributed by atoms with E-state index in [4.69, 9.17) is 4.74 Å². The Hall–Kier alpha value is -0.960. The molecule has 3 heteroatoms. The molecule has 0 atom stereocenters. The normalized spacial score (nSPS) is 9.62. The second-order valence-electron chi connectivity index (χ2n) is 2.59. The fourth-order valence-corrected chi connectivity index (χ4v) is 1.62. The summed E-state index contributed by atoms with van der Waals surface area (Å²) in [4.78, 5) is 10.4. The lowest BCUT2D eigenvalue weighted by Gasteiger charge is -2.01. The van der Waals surface area contributed by atoms with Gasteiger partial charge in [-0.2, -0.15) is 0 Å². The first kappa shape index (κ1) is 10.1. The molecule has 0 heterocycles. The molecule has 1 aromatic rings. The Morgan fingerprint density at radius 1 is 1.38 bits per heavy atom. The van der Waals surface area contributed by atoms with Crippen molar-refractivity contribution < 1.29 is 9.53 Å². The fourth-order valence-electron chi connectivity index (χ4n) is 0.858. The lowest BCUT2D eigenvalue weighted by molar-refractivity contribution is -0.138. The molecule has 13 heavy (non-hydrogen) atoms. The maximum atomic E-state index is 10.4. The summed E-state index contributed by atoms with van der Waals surface area (Å²) in [7, 11) is 0. The molecule has 0 aliphatic rings. The van der Waals surface area contributed by atoms with E-state index in [1.807, 2.05) is 18.2 Å². The molecule has 0 aliphatic heterocycles. The average Bonchev–Trinajstić information content (AvgIpc) is 2.14. The van der Waals surface area contributed by atoms with E-state index in [9.17, 15) is 4.79 Å². The molecule has 0 aliphatic carbocycles. The topological polar surface area (TPSA) is 26.3 Å². The molecule has 0 bridgehead atoms. The molecular weight excluding hydrogens is 184 g/mol. The second kappa shape index (κ2) is 5.65. The summed E-state index contributed by atoms with van der Waals surface area (Å²) in [6, 6.07) is 10.1. The number of carbonyl (C=O) groups excluding carboxylic acids is 1. The zero-order valence-electron chi connectivity index (χ0n) is 7.53. The Bertz CT molecular complexity index is 259. The van der Waals surface area contributed by atoms with Gasteiger partial charge < -0.3 is 4.74 Å². The maximum Gasteiger partial charge on any atom is 0.303 e. The quantitative estimate of drug-likeness (QED) is 0.420. The van der Waals surface area contributed by atoms with Gasteiger partial charge in [-0.15, -0.1) is 11.8 Å². The summed E-state index contributed by atoms with van der Waals surface area (Å²) >= 11 is 1.59. The number of thioether (sulfide) groups is 1. The highest BCUT2D eigenvalue weighted by molar-refractivity contribution is 7.98. The van der Waals surface area contributed by atoms with Crippen LogP contribution in [-0.2, 0) is 15.3 Å². The second-order valence-corrected chi connectivity index (χ2v) is 3.52. The number of carbonyl (C=O) groups is 1. The first-order valence-corrected chi connectivity index (χ1v) is 5.19. The van der Waals surface area contributed by atoms with Crippen molar-refractivity contribution in [2.24, 2.45) is 0 Å². The van der Waals surface area contributed by atoms with Crippen LogP contribution < -0.4 is 0 Å². The summed E-state index contributed by atoms with van der Waals surface area (Å²) in [6.07, 6.45) is 0. The third-order valence-corrected chi connectivity index (χ3v) is 2.28. The van der Waals surface area contributed by atoms with E-state index in [0.29, 0.717) is 5.94 Å². The standard InChI is InChI=1S/C10H12O2S/c1-9(11)12-8-13-7-10-5-3-2-4-6-10/h2-6H,7-8H2,1H3. The first-order chi connectivity index (χ1) is 6.29. The van der Waals surface area contributed by atoms with Gasteiger partial charge in [0.05, 0.1) is 0 Å². The van der Waals surface area contributed by atoms with Crippen LogP contribution in [0.1, 0.15) is 12.5 Å². The number of esters is 1. The van der Waals surface area contributed by atoms with Crippen LogP contribution in [0.2, 0.25) is 0 Å². The SMILES string of the molecule is CC(=O)OCSCc1ccccc1. The summed E-state index contributed by atoms with van der Waals surface area (Å²) in [5, 5.41) is 0. The van der Waals surface area contributed by atoms with Gasteiger partial charge in [0.2, 0.25) is 0 Å². The van der Waals surface area contributed by atoms with Gasteiger partial charge in [-0.05, 0) is 5.56 Å². The molecule has 1 rings (SSSR count). The van der Waals surface area contributed by atoms with Gasteiger partial charge >= 0.3 is 5.97 Å². The van der Waals surface area contributed by atoms with Crippen LogP contribution in [0.5, 0.6) is 0 Å². The van der Waals surface area contributed by atoms with E-state index in [1.165, 1.54) is 12.5 Å². The van der Waals surface area contributed by atoms with Gasteiger partial charge in [-0.3, -0.25) is 4.79 Å². The van der Waals surface area contributed by atoms with Crippen LogP contribution in [0.3, 0.4) is 0 Å². The highest BCUT2D eigenvalue weighted by atomic mass is 32.2. The van der Waals surface area contributed by atoms with Crippen molar-refractivity contribution >= 4 is 17.7 Å². The maximum absolute atomic E-state index is 10.4. The molecule has 0 radical (unpaired) electrons. The molecule has 0 N–H and O–H groups in total. The molecule has 0 unspecified atom stereocenters. The van der Waals surface area contributed by atoms with Crippen molar-refractivity contribution in [1.29, 1.82) is 0 Å². The van der Waals surface area contributed by atoms with Crippen LogP contribution in [-0.4, -0.2) is 11.9 Å². The van der Waals surface area contributed by atoms with Crippen molar-refractivity contribution in [2.45, 2.75) is 12.7 Å². The van der Waals surface area contributed by atoms with E-state index in [2.05, 4.69) is 12.1 Å². The van der Waals surface area contributed by atoms with Crippen molar-refractivity contribution in [3.63, 3.8) is 0 Å². The Balaban J connectivity index is 2.17. The Labute approximate surface area is 82.3 Å². The van der Waals surface area contributed by atoms with Crippen molar-refractivity contribution in [1.82, 2.24) is 0 Å². The van der Waals surface area contributed by atoms with Crippen LogP contribution in [0, 0.1) is 0 Å². The number of ether oxygens (including phenoxy) is 1. The Morgan fingerprint density at radius 2 is 2.08 bits per heavy atom. The lowest BCUT2D eigenvalue weighted by atomic mass is 10.2. The van der Waals surface area contributed by atoms with Gasteiger partial charge in [0.1, 0.15) is 5.94 Å². The molecule has 0 aromatic heterocycles. The minimum Gasteiger partial charge on any atom is -0.455 e. The number of benzene rings is 1. The van der Waals surface area contributed by atoms with Gasteiger partial charge in [-0.25, -0.2) is 0 Å². The Morgan fingerprint density at radius 3 is 2.69 bits per heavy atom. The highest BCUT2D eigenvalue weighted by Gasteiger charge is 1.94. The summed E-state index contributed by atoms with van der Waals surface area (Å²) in [6.45, 7) is 1.42. The zero-order chi connectivity index (χ0) is 9.52. The monoisotopic (exact) mass is 196 g/mol. The zero-order valence-corrected chi connectivity index (χ0v) is 8.34. The van der Waals surface area contributed by atoms with Gasteiger partial charge in [0.15, 0.2) is 0 Å². The highest BCUT2D eigenvalue weighted by Crippen LogP contribution is 2.11. The van der Waals surface area contributed by atoms with Crippen LogP contribution in [0.4, 0.5) is 0 Å².